The van der Waals surface area contributed by atoms with Crippen LogP contribution in [0.15, 0.2) is 28.7 Å². The fourth-order valence-corrected chi connectivity index (χ4v) is 6.90. The number of esters is 1. The third-order valence-corrected chi connectivity index (χ3v) is 8.44. The number of ether oxygens (including phenoxy) is 3. The van der Waals surface area contributed by atoms with E-state index in [4.69, 9.17) is 23.9 Å². The summed E-state index contributed by atoms with van der Waals surface area (Å²) in [5.74, 6) is -2.17. The zero-order valence-corrected chi connectivity index (χ0v) is 22.4. The first kappa shape index (κ1) is 26.4. The van der Waals surface area contributed by atoms with Gasteiger partial charge in [-0.05, 0) is 45.0 Å². The lowest BCUT2D eigenvalue weighted by Gasteiger charge is -2.64. The predicted octanol–water partition coefficient (Wildman–Crippen LogP) is 2.61. The zero-order chi connectivity index (χ0) is 26.5. The molecule has 4 unspecified atom stereocenters. The Morgan fingerprint density at radius 1 is 1.14 bits per heavy atom. The van der Waals surface area contributed by atoms with Crippen molar-refractivity contribution in [1.29, 1.82) is 0 Å². The highest BCUT2D eigenvalue weighted by atomic mass is 79.9. The number of nitrogens with zero attached hydrogens (tertiary/aromatic N) is 3. The maximum Gasteiger partial charge on any atom is 0.337 e. The fourth-order valence-electron chi connectivity index (χ4n) is 6.64. The van der Waals surface area contributed by atoms with Gasteiger partial charge >= 0.3 is 17.4 Å². The average Bonchev–Trinajstić information content (AvgIpc) is 3.25. The second-order valence-electron chi connectivity index (χ2n) is 9.51. The molecule has 1 spiro atoms. The minimum atomic E-state index is -2.15. The van der Waals surface area contributed by atoms with E-state index in [0.29, 0.717) is 5.69 Å². The molecule has 202 valence electrons. The zero-order valence-electron chi connectivity index (χ0n) is 20.8. The van der Waals surface area contributed by atoms with Gasteiger partial charge in [0.2, 0.25) is 0 Å². The van der Waals surface area contributed by atoms with Crippen LogP contribution in [0.25, 0.3) is 0 Å². The summed E-state index contributed by atoms with van der Waals surface area (Å²) in [5.41, 5.74) is -2.87. The normalized spacial score (nSPS) is 36.8. The Labute approximate surface area is 222 Å². The molecule has 5 fully saturated rings. The van der Waals surface area contributed by atoms with Crippen LogP contribution in [0.5, 0.6) is 0 Å². The number of nitro groups is 1. The monoisotopic (exact) mass is 583 g/mol. The summed E-state index contributed by atoms with van der Waals surface area (Å²) in [6.45, 7) is 5.84. The number of amides is 1. The first-order valence-corrected chi connectivity index (χ1v) is 13.3. The molecule has 4 saturated heterocycles. The summed E-state index contributed by atoms with van der Waals surface area (Å²) in [6.07, 6.45) is -2.67. The summed E-state index contributed by atoms with van der Waals surface area (Å²) < 4.78 is 17.7. The number of rotatable bonds is 8. The smallest absolute Gasteiger partial charge is 0.337 e. The topological polar surface area (TPSA) is 130 Å². The molecule has 1 amide bonds. The van der Waals surface area contributed by atoms with Crippen LogP contribution in [-0.4, -0.2) is 77.5 Å². The number of halogens is 1. The summed E-state index contributed by atoms with van der Waals surface area (Å²) in [6, 6.07) is 6.35. The van der Waals surface area contributed by atoms with Crippen LogP contribution in [-0.2, 0) is 33.5 Å². The predicted molar refractivity (Wildman–Crippen MR) is 130 cm³/mol. The Hall–Kier alpha value is -2.16. The van der Waals surface area contributed by atoms with Gasteiger partial charge in [-0.1, -0.05) is 21.2 Å². The van der Waals surface area contributed by atoms with Gasteiger partial charge in [-0.3, -0.25) is 19.7 Å². The van der Waals surface area contributed by atoms with Crippen molar-refractivity contribution >= 4 is 33.5 Å². The van der Waals surface area contributed by atoms with Crippen molar-refractivity contribution in [1.82, 2.24) is 5.23 Å². The number of hydroxylamine groups is 2. The molecule has 7 atom stereocenters. The average molecular weight is 584 g/mol. The Kier molecular flexibility index (Phi) is 7.05. The molecule has 37 heavy (non-hydrogen) atoms. The van der Waals surface area contributed by atoms with E-state index in [2.05, 4.69) is 15.9 Å². The minimum Gasteiger partial charge on any atom is -0.464 e. The molecule has 4 heterocycles. The quantitative estimate of drug-likeness (QED) is 0.255. The molecule has 13 heteroatoms. The molecule has 0 N–H and O–H groups in total. The van der Waals surface area contributed by atoms with Gasteiger partial charge in [0.1, 0.15) is 11.6 Å². The van der Waals surface area contributed by atoms with E-state index < -0.39 is 58.3 Å². The number of benzene rings is 1. The number of carbonyl (C=O) groups is 2. The largest absolute Gasteiger partial charge is 0.464 e. The molecule has 6 rings (SSSR count). The van der Waals surface area contributed by atoms with Crippen molar-refractivity contribution in [2.24, 2.45) is 5.92 Å². The second-order valence-corrected chi connectivity index (χ2v) is 10.4. The molecule has 0 radical (unpaired) electrons. The maximum absolute atomic E-state index is 14.3. The summed E-state index contributed by atoms with van der Waals surface area (Å²) >= 11 is 3.40. The Morgan fingerprint density at radius 3 is 2.46 bits per heavy atom. The molecule has 4 aliphatic heterocycles. The lowest BCUT2D eigenvalue weighted by Crippen LogP contribution is -2.87. The molecular weight excluding hydrogens is 554 g/mol. The van der Waals surface area contributed by atoms with Crippen molar-refractivity contribution in [2.75, 3.05) is 24.7 Å². The molecule has 1 saturated carbocycles. The van der Waals surface area contributed by atoms with Crippen LogP contribution in [0.3, 0.4) is 0 Å². The van der Waals surface area contributed by atoms with Gasteiger partial charge in [0.15, 0.2) is 12.4 Å². The van der Waals surface area contributed by atoms with E-state index in [9.17, 15) is 19.7 Å². The third kappa shape index (κ3) is 3.73. The molecule has 2 bridgehead atoms. The Bertz CT molecular complexity index is 1070. The van der Waals surface area contributed by atoms with Crippen molar-refractivity contribution in [3.8, 4) is 0 Å². The summed E-state index contributed by atoms with van der Waals surface area (Å²) in [5, 5.41) is 14.3. The standard InChI is InChI=1S/C24H30BrN3O9/c1-4-33-19-12-18-23-13-16(21(29)35-6-3)36-28(23)37-20(34-5-2)11-17(23)24(19,27(31)32)22(30)26(18)15-9-7-14(25)8-10-15/h7-10,16-20H,4-6,11-13H2,1-3H3/t16-,17+,18?,19?,20?,23+,24?/m0/s1. The van der Waals surface area contributed by atoms with Crippen LogP contribution >= 0.6 is 15.9 Å². The van der Waals surface area contributed by atoms with Crippen molar-refractivity contribution in [2.45, 2.75) is 75.7 Å². The summed E-state index contributed by atoms with van der Waals surface area (Å²) in [4.78, 5) is 53.2. The molecule has 5 aliphatic rings. The molecule has 0 aromatic heterocycles. The maximum atomic E-state index is 14.3. The van der Waals surface area contributed by atoms with Gasteiger partial charge in [-0.25, -0.2) is 9.63 Å². The second kappa shape index (κ2) is 9.86. The van der Waals surface area contributed by atoms with Crippen molar-refractivity contribution in [3.63, 3.8) is 0 Å². The van der Waals surface area contributed by atoms with E-state index in [-0.39, 0.29) is 39.1 Å². The molecule has 12 nitrogen and oxygen atoms in total. The van der Waals surface area contributed by atoms with Gasteiger partial charge in [-0.2, -0.15) is 0 Å². The fraction of sp³-hybridized carbons (Fsp3) is 0.667. The van der Waals surface area contributed by atoms with E-state index in [0.717, 1.165) is 4.47 Å². The van der Waals surface area contributed by atoms with Crippen LogP contribution in [0, 0.1) is 16.0 Å². The lowest BCUT2D eigenvalue weighted by molar-refractivity contribution is -0.602. The van der Waals surface area contributed by atoms with Crippen LogP contribution in [0.4, 0.5) is 5.69 Å². The Morgan fingerprint density at radius 2 is 1.84 bits per heavy atom. The summed E-state index contributed by atoms with van der Waals surface area (Å²) in [7, 11) is 0. The lowest BCUT2D eigenvalue weighted by atomic mass is 9.52. The number of hydrogen-bond acceptors (Lipinski definition) is 10. The molecule has 1 aromatic carbocycles. The number of fused-ring (bicyclic) bond motifs is 2. The first-order valence-electron chi connectivity index (χ1n) is 12.5. The number of piperidine rings is 2. The van der Waals surface area contributed by atoms with E-state index in [1.165, 1.54) is 10.1 Å². The highest BCUT2D eigenvalue weighted by Crippen LogP contribution is 2.62. The molecule has 1 aromatic rings. The van der Waals surface area contributed by atoms with E-state index >= 15 is 0 Å². The van der Waals surface area contributed by atoms with Gasteiger partial charge in [0.05, 0.1) is 18.6 Å². The molecular formula is C24H30BrN3O9. The minimum absolute atomic E-state index is 0.0504. The van der Waals surface area contributed by atoms with Gasteiger partial charge < -0.3 is 19.1 Å². The van der Waals surface area contributed by atoms with Crippen LogP contribution in [0.1, 0.15) is 40.0 Å². The van der Waals surface area contributed by atoms with Crippen molar-refractivity contribution < 1.29 is 38.4 Å². The highest BCUT2D eigenvalue weighted by molar-refractivity contribution is 9.10. The number of hydrogen-bond donors (Lipinski definition) is 0. The molecule has 1 aliphatic carbocycles. The van der Waals surface area contributed by atoms with Crippen LogP contribution in [0.2, 0.25) is 0 Å². The number of anilines is 1. The van der Waals surface area contributed by atoms with Gasteiger partial charge in [-0.15, -0.1) is 0 Å². The SMILES string of the molecule is CCOC(=O)[C@@H]1C[C@]23C4CC(OCC)C([N+](=O)[O-])(C(=O)N4c4ccc(Br)cc4)[C@@H]2CC(OCC)ON3O1. The van der Waals surface area contributed by atoms with Gasteiger partial charge in [0.25, 0.3) is 0 Å². The highest BCUT2D eigenvalue weighted by Gasteiger charge is 2.84. The third-order valence-electron chi connectivity index (χ3n) is 7.91. The van der Waals surface area contributed by atoms with Crippen molar-refractivity contribution in [3.05, 3.63) is 38.9 Å². The van der Waals surface area contributed by atoms with E-state index in [1.54, 1.807) is 45.0 Å². The number of carbonyl (C=O) groups excluding carboxylic acids is 2. The van der Waals surface area contributed by atoms with E-state index in [1.807, 2.05) is 0 Å². The van der Waals surface area contributed by atoms with Crippen LogP contribution < -0.4 is 4.90 Å². The van der Waals surface area contributed by atoms with Gasteiger partial charge in [0, 0.05) is 47.6 Å². The first-order chi connectivity index (χ1) is 17.7. The Balaban J connectivity index is 1.71.